The molecule has 2 N–H and O–H groups in total. The second-order valence-electron chi connectivity index (χ2n) is 6.12. The molecule has 2 fully saturated rings. The van der Waals surface area contributed by atoms with E-state index in [9.17, 15) is 13.5 Å². The second kappa shape index (κ2) is 7.87. The van der Waals surface area contributed by atoms with Crippen molar-refractivity contribution in [2.75, 3.05) is 32.8 Å². The third-order valence-electron chi connectivity index (χ3n) is 4.32. The molecule has 0 spiro atoms. The summed E-state index contributed by atoms with van der Waals surface area (Å²) in [6.45, 7) is 4.71. The molecule has 1 heterocycles. The van der Waals surface area contributed by atoms with Crippen molar-refractivity contribution in [2.24, 2.45) is 0 Å². The van der Waals surface area contributed by atoms with Gasteiger partial charge >= 0.3 is 0 Å². The summed E-state index contributed by atoms with van der Waals surface area (Å²) in [5.74, 6) is 0. The van der Waals surface area contributed by atoms with E-state index in [1.807, 2.05) is 11.8 Å². The molecule has 1 saturated carbocycles. The molecule has 7 heteroatoms. The van der Waals surface area contributed by atoms with E-state index in [0.717, 1.165) is 25.7 Å². The highest BCUT2D eigenvalue weighted by Crippen LogP contribution is 2.22. The number of ether oxygens (including phenoxy) is 1. The number of likely N-dealkylation sites (tertiary alicyclic amines) is 1. The van der Waals surface area contributed by atoms with E-state index in [0.29, 0.717) is 39.3 Å². The van der Waals surface area contributed by atoms with Crippen molar-refractivity contribution >= 4 is 10.0 Å². The van der Waals surface area contributed by atoms with Gasteiger partial charge in [-0.15, -0.1) is 0 Å². The fourth-order valence-corrected chi connectivity index (χ4v) is 4.70. The van der Waals surface area contributed by atoms with Crippen molar-refractivity contribution in [1.29, 1.82) is 0 Å². The Morgan fingerprint density at radius 1 is 1.33 bits per heavy atom. The van der Waals surface area contributed by atoms with E-state index in [1.165, 1.54) is 0 Å². The van der Waals surface area contributed by atoms with E-state index in [1.54, 1.807) is 0 Å². The molecule has 1 saturated heterocycles. The Balaban J connectivity index is 1.65. The van der Waals surface area contributed by atoms with Crippen LogP contribution in [0.3, 0.4) is 0 Å². The number of sulfonamides is 1. The quantitative estimate of drug-likeness (QED) is 0.598. The first-order valence-corrected chi connectivity index (χ1v) is 9.55. The van der Waals surface area contributed by atoms with Crippen molar-refractivity contribution in [3.8, 4) is 0 Å². The second-order valence-corrected chi connectivity index (χ2v) is 8.12. The molecule has 1 aliphatic heterocycles. The molecule has 0 aromatic carbocycles. The standard InChI is InChI=1S/C14H28N2O4S/c1-2-20-8-7-13(17)9-16-10-14(11-16)21(18,19)15-12-5-3-4-6-12/h12-15,17H,2-11H2,1H3. The normalized spacial score (nSPS) is 23.3. The predicted molar refractivity (Wildman–Crippen MR) is 81.7 cm³/mol. The molecule has 1 aliphatic carbocycles. The van der Waals surface area contributed by atoms with Crippen molar-refractivity contribution in [3.63, 3.8) is 0 Å². The third kappa shape index (κ3) is 5.17. The van der Waals surface area contributed by atoms with Gasteiger partial charge in [0.1, 0.15) is 5.25 Å². The Hall–Kier alpha value is -0.210. The van der Waals surface area contributed by atoms with Crippen LogP contribution in [-0.4, -0.2) is 68.7 Å². The Morgan fingerprint density at radius 3 is 2.62 bits per heavy atom. The lowest BCUT2D eigenvalue weighted by Gasteiger charge is -2.40. The average molecular weight is 320 g/mol. The van der Waals surface area contributed by atoms with Crippen LogP contribution in [0.15, 0.2) is 0 Å². The molecule has 0 aromatic heterocycles. The Bertz CT molecular complexity index is 403. The first-order valence-electron chi connectivity index (χ1n) is 8.00. The minimum atomic E-state index is -3.19. The number of nitrogens with one attached hydrogen (secondary N) is 1. The van der Waals surface area contributed by atoms with E-state index < -0.39 is 16.1 Å². The fraction of sp³-hybridized carbons (Fsp3) is 1.00. The maximum Gasteiger partial charge on any atom is 0.217 e. The van der Waals surface area contributed by atoms with Crippen LogP contribution >= 0.6 is 0 Å². The Labute approximate surface area is 127 Å². The molecule has 1 atom stereocenters. The van der Waals surface area contributed by atoms with E-state index in [4.69, 9.17) is 4.74 Å². The van der Waals surface area contributed by atoms with Crippen LogP contribution in [0, 0.1) is 0 Å². The van der Waals surface area contributed by atoms with Gasteiger partial charge in [-0.2, -0.15) is 0 Å². The topological polar surface area (TPSA) is 78.9 Å². The monoisotopic (exact) mass is 320 g/mol. The summed E-state index contributed by atoms with van der Waals surface area (Å²) in [6, 6.07) is 0.140. The lowest BCUT2D eigenvalue weighted by Crippen LogP contribution is -2.59. The highest BCUT2D eigenvalue weighted by molar-refractivity contribution is 7.90. The SMILES string of the molecule is CCOCCC(O)CN1CC(S(=O)(=O)NC2CCCC2)C1. The summed E-state index contributed by atoms with van der Waals surface area (Å²) < 4.78 is 32.4. The van der Waals surface area contributed by atoms with Gasteiger partial charge in [-0.3, -0.25) is 4.90 Å². The molecule has 2 aliphatic rings. The lowest BCUT2D eigenvalue weighted by molar-refractivity contribution is 0.0473. The van der Waals surface area contributed by atoms with Gasteiger partial charge in [0, 0.05) is 38.9 Å². The predicted octanol–water partition coefficient (Wildman–Crippen LogP) is 0.320. The van der Waals surface area contributed by atoms with Gasteiger partial charge in [-0.25, -0.2) is 13.1 Å². The summed E-state index contributed by atoms with van der Waals surface area (Å²) >= 11 is 0. The molecule has 21 heavy (non-hydrogen) atoms. The largest absolute Gasteiger partial charge is 0.392 e. The molecule has 124 valence electrons. The maximum atomic E-state index is 12.2. The molecule has 2 rings (SSSR count). The maximum absolute atomic E-state index is 12.2. The van der Waals surface area contributed by atoms with Crippen LogP contribution in [0.5, 0.6) is 0 Å². The summed E-state index contributed by atoms with van der Waals surface area (Å²) in [6.07, 6.45) is 4.33. The highest BCUT2D eigenvalue weighted by Gasteiger charge is 2.38. The number of aliphatic hydroxyl groups is 1. The fourth-order valence-electron chi connectivity index (χ4n) is 2.99. The smallest absolute Gasteiger partial charge is 0.217 e. The number of β-amino-alcohol motifs (C(OH)–C–C–N with tert-alkyl or cyclic N) is 1. The number of nitrogens with zero attached hydrogens (tertiary/aromatic N) is 1. The molecular weight excluding hydrogens is 292 g/mol. The molecule has 6 nitrogen and oxygen atoms in total. The minimum absolute atomic E-state index is 0.140. The molecular formula is C14H28N2O4S. The van der Waals surface area contributed by atoms with Crippen molar-refractivity contribution in [3.05, 3.63) is 0 Å². The summed E-state index contributed by atoms with van der Waals surface area (Å²) in [4.78, 5) is 2.00. The van der Waals surface area contributed by atoms with Crippen LogP contribution in [0.2, 0.25) is 0 Å². The zero-order valence-electron chi connectivity index (χ0n) is 12.8. The Morgan fingerprint density at radius 2 is 2.00 bits per heavy atom. The number of hydrogen-bond donors (Lipinski definition) is 2. The summed E-state index contributed by atoms with van der Waals surface area (Å²) in [7, 11) is -3.19. The third-order valence-corrected chi connectivity index (χ3v) is 6.15. The average Bonchev–Trinajstić information content (AvgIpc) is 2.85. The zero-order valence-corrected chi connectivity index (χ0v) is 13.6. The van der Waals surface area contributed by atoms with Crippen molar-refractivity contribution in [2.45, 2.75) is 56.4 Å². The van der Waals surface area contributed by atoms with Gasteiger partial charge in [-0.05, 0) is 26.2 Å². The molecule has 0 aromatic rings. The van der Waals surface area contributed by atoms with Gasteiger partial charge in [0.05, 0.1) is 6.10 Å². The number of rotatable bonds is 9. The van der Waals surface area contributed by atoms with Gasteiger partial charge in [0.25, 0.3) is 0 Å². The van der Waals surface area contributed by atoms with E-state index in [2.05, 4.69) is 4.72 Å². The van der Waals surface area contributed by atoms with Gasteiger partial charge in [0.2, 0.25) is 10.0 Å². The summed E-state index contributed by atoms with van der Waals surface area (Å²) in [5.41, 5.74) is 0. The van der Waals surface area contributed by atoms with Crippen LogP contribution in [0.25, 0.3) is 0 Å². The Kier molecular flexibility index (Phi) is 6.43. The number of aliphatic hydroxyl groups excluding tert-OH is 1. The molecule has 1 unspecified atom stereocenters. The highest BCUT2D eigenvalue weighted by atomic mass is 32.2. The van der Waals surface area contributed by atoms with Crippen LogP contribution in [0.4, 0.5) is 0 Å². The zero-order chi connectivity index (χ0) is 15.3. The van der Waals surface area contributed by atoms with Crippen molar-refractivity contribution in [1.82, 2.24) is 9.62 Å². The summed E-state index contributed by atoms with van der Waals surface area (Å²) in [5, 5.41) is 9.52. The van der Waals surface area contributed by atoms with Crippen LogP contribution in [0.1, 0.15) is 39.0 Å². The minimum Gasteiger partial charge on any atom is -0.392 e. The first-order chi connectivity index (χ1) is 10.0. The van der Waals surface area contributed by atoms with Gasteiger partial charge in [0.15, 0.2) is 0 Å². The van der Waals surface area contributed by atoms with Crippen LogP contribution < -0.4 is 4.72 Å². The number of hydrogen-bond acceptors (Lipinski definition) is 5. The van der Waals surface area contributed by atoms with E-state index in [-0.39, 0.29) is 11.3 Å². The molecule has 0 radical (unpaired) electrons. The van der Waals surface area contributed by atoms with Crippen molar-refractivity contribution < 1.29 is 18.3 Å². The molecule has 0 bridgehead atoms. The molecule has 0 amide bonds. The lowest BCUT2D eigenvalue weighted by atomic mass is 10.1. The first kappa shape index (κ1) is 17.1. The van der Waals surface area contributed by atoms with Crippen LogP contribution in [-0.2, 0) is 14.8 Å². The van der Waals surface area contributed by atoms with Gasteiger partial charge < -0.3 is 9.84 Å². The van der Waals surface area contributed by atoms with E-state index >= 15 is 0 Å². The van der Waals surface area contributed by atoms with Gasteiger partial charge in [-0.1, -0.05) is 12.8 Å².